The van der Waals surface area contributed by atoms with E-state index in [0.29, 0.717) is 31.6 Å². The number of unbranched alkanes of at least 4 members (excludes halogenated alkanes) is 38. The van der Waals surface area contributed by atoms with Crippen molar-refractivity contribution in [3.05, 3.63) is 0 Å². The molecule has 0 spiro atoms. The van der Waals surface area contributed by atoms with E-state index in [1.165, 1.54) is 173 Å². The summed E-state index contributed by atoms with van der Waals surface area (Å²) in [6, 6.07) is 0. The molecule has 0 aromatic heterocycles. The second kappa shape index (κ2) is 64.4. The van der Waals surface area contributed by atoms with Crippen molar-refractivity contribution in [1.29, 1.82) is 0 Å². The van der Waals surface area contributed by atoms with Crippen molar-refractivity contribution in [3.8, 4) is 0 Å². The summed E-state index contributed by atoms with van der Waals surface area (Å²) >= 11 is 0. The summed E-state index contributed by atoms with van der Waals surface area (Å²) < 4.78 is 68.4. The van der Waals surface area contributed by atoms with E-state index < -0.39 is 97.5 Å². The number of ether oxygens (including phenoxy) is 4. The topological polar surface area (TPSA) is 237 Å². The Balaban J connectivity index is 5.19. The third-order valence-electron chi connectivity index (χ3n) is 17.3. The number of aliphatic hydroxyl groups is 1. The lowest BCUT2D eigenvalue weighted by Gasteiger charge is -2.21. The minimum Gasteiger partial charge on any atom is -0.462 e. The Labute approximate surface area is 575 Å². The fourth-order valence-corrected chi connectivity index (χ4v) is 13.0. The van der Waals surface area contributed by atoms with E-state index in [1.807, 2.05) is 0 Å². The average molecular weight is 1380 g/mol. The normalized spacial score (nSPS) is 14.2. The summed E-state index contributed by atoms with van der Waals surface area (Å²) in [5, 5.41) is 10.6. The molecule has 0 aliphatic carbocycles. The largest absolute Gasteiger partial charge is 0.472 e. The van der Waals surface area contributed by atoms with Crippen LogP contribution < -0.4 is 0 Å². The van der Waals surface area contributed by atoms with Crippen LogP contribution in [-0.4, -0.2) is 96.7 Å². The van der Waals surface area contributed by atoms with Gasteiger partial charge in [-0.1, -0.05) is 325 Å². The molecule has 5 atom stereocenters. The van der Waals surface area contributed by atoms with Crippen molar-refractivity contribution in [3.63, 3.8) is 0 Å². The Morgan fingerprint density at radius 1 is 0.266 bits per heavy atom. The van der Waals surface area contributed by atoms with E-state index in [-0.39, 0.29) is 25.7 Å². The van der Waals surface area contributed by atoms with Gasteiger partial charge >= 0.3 is 39.5 Å². The highest BCUT2D eigenvalue weighted by Gasteiger charge is 2.30. The van der Waals surface area contributed by atoms with Gasteiger partial charge < -0.3 is 33.8 Å². The molecule has 0 bridgehead atoms. The third-order valence-corrected chi connectivity index (χ3v) is 19.2. The lowest BCUT2D eigenvalue weighted by atomic mass is 10.0. The monoisotopic (exact) mass is 1380 g/mol. The molecule has 94 heavy (non-hydrogen) atoms. The van der Waals surface area contributed by atoms with Gasteiger partial charge in [0, 0.05) is 25.7 Å². The van der Waals surface area contributed by atoms with Crippen molar-refractivity contribution < 1.29 is 80.2 Å². The highest BCUT2D eigenvalue weighted by atomic mass is 31.2. The first-order valence-corrected chi connectivity index (χ1v) is 41.7. The highest BCUT2D eigenvalue weighted by Crippen LogP contribution is 2.45. The molecule has 558 valence electrons. The van der Waals surface area contributed by atoms with E-state index in [4.69, 9.17) is 37.0 Å². The van der Waals surface area contributed by atoms with E-state index in [1.54, 1.807) is 0 Å². The van der Waals surface area contributed by atoms with Gasteiger partial charge in [-0.2, -0.15) is 0 Å². The molecule has 0 aliphatic rings. The molecular weight excluding hydrogens is 1230 g/mol. The SMILES string of the molecule is CC(C)CCCCCCCCCCCCCCCCCCCCC(=O)O[C@H](COC(=O)CCCCCCCCCCCCC(C)C)COP(=O)(O)OC[C@@H](O)COP(=O)(O)OC[C@@H](COC(=O)CCCCCCCCC(C)C)OC(=O)CCCCCCCCCCC(C)C. The van der Waals surface area contributed by atoms with Crippen LogP contribution >= 0.6 is 15.6 Å². The standard InChI is InChI=1S/C75H146O17P2/c1-65(2)51-43-35-27-21-17-15-13-11-9-10-12-14-16-18-24-31-41-49-57-74(79)91-70(61-85-72(77)55-47-39-30-23-20-19-22-28-36-44-52-66(3)4)63-89-93(81,82)87-59-69(76)60-88-94(83,84)90-64-71(62-86-73(78)56-48-40-34-33-38-46-54-68(7)8)92-75(80)58-50-42-32-26-25-29-37-45-53-67(5)6/h65-71,76H,9-64H2,1-8H3,(H,81,82)(H,83,84)/t69-,70-,71-/m1/s1. The maximum absolute atomic E-state index is 13.1. The molecule has 17 nitrogen and oxygen atoms in total. The molecule has 0 aliphatic heterocycles. The lowest BCUT2D eigenvalue weighted by molar-refractivity contribution is -0.161. The van der Waals surface area contributed by atoms with Crippen LogP contribution in [0, 0.1) is 23.7 Å². The first-order chi connectivity index (χ1) is 45.1. The Kier molecular flexibility index (Phi) is 63.1. The van der Waals surface area contributed by atoms with Gasteiger partial charge in [0.15, 0.2) is 12.2 Å². The van der Waals surface area contributed by atoms with Crippen LogP contribution in [0.2, 0.25) is 0 Å². The van der Waals surface area contributed by atoms with Crippen molar-refractivity contribution in [1.82, 2.24) is 0 Å². The smallest absolute Gasteiger partial charge is 0.462 e. The average Bonchev–Trinajstić information content (AvgIpc) is 2.15. The number of rotatable bonds is 72. The molecule has 0 fully saturated rings. The van der Waals surface area contributed by atoms with Crippen LogP contribution in [0.5, 0.6) is 0 Å². The molecule has 0 radical (unpaired) electrons. The van der Waals surface area contributed by atoms with E-state index in [0.717, 1.165) is 114 Å². The van der Waals surface area contributed by atoms with Crippen LogP contribution in [-0.2, 0) is 65.4 Å². The van der Waals surface area contributed by atoms with Crippen LogP contribution in [0.3, 0.4) is 0 Å². The molecule has 0 heterocycles. The van der Waals surface area contributed by atoms with Gasteiger partial charge in [-0.05, 0) is 49.4 Å². The summed E-state index contributed by atoms with van der Waals surface area (Å²) in [5.74, 6) is 0.850. The molecule has 0 saturated carbocycles. The Bertz CT molecular complexity index is 1850. The Hall–Kier alpha value is -1.94. The molecule has 3 N–H and O–H groups in total. The fourth-order valence-electron chi connectivity index (χ4n) is 11.4. The number of carbonyl (C=O) groups is 4. The molecule has 0 saturated heterocycles. The first kappa shape index (κ1) is 92.1. The summed E-state index contributed by atoms with van der Waals surface area (Å²) in [6.07, 6.45) is 48.9. The quantitative estimate of drug-likeness (QED) is 0.0222. The maximum Gasteiger partial charge on any atom is 0.472 e. The number of aliphatic hydroxyl groups excluding tert-OH is 1. The van der Waals surface area contributed by atoms with Gasteiger partial charge in [0.25, 0.3) is 0 Å². The molecule has 0 aromatic rings. The number of phosphoric ester groups is 2. The summed E-state index contributed by atoms with van der Waals surface area (Å²) in [5.41, 5.74) is 0. The zero-order chi connectivity index (χ0) is 69.6. The van der Waals surface area contributed by atoms with Gasteiger partial charge in [-0.3, -0.25) is 37.3 Å². The molecule has 2 unspecified atom stereocenters. The highest BCUT2D eigenvalue weighted by molar-refractivity contribution is 7.47. The first-order valence-electron chi connectivity index (χ1n) is 38.7. The molecule has 0 amide bonds. The molecule has 0 aromatic carbocycles. The number of hydrogen-bond donors (Lipinski definition) is 3. The van der Waals surface area contributed by atoms with Crippen LogP contribution in [0.15, 0.2) is 0 Å². The Morgan fingerprint density at radius 3 is 0.660 bits per heavy atom. The third kappa shape index (κ3) is 68.6. The van der Waals surface area contributed by atoms with E-state index >= 15 is 0 Å². The summed E-state index contributed by atoms with van der Waals surface area (Å²) in [6.45, 7) is 14.1. The zero-order valence-corrected chi connectivity index (χ0v) is 63.4. The number of carbonyl (C=O) groups excluding carboxylic acids is 4. The minimum atomic E-state index is -4.96. The predicted molar refractivity (Wildman–Crippen MR) is 381 cm³/mol. The van der Waals surface area contributed by atoms with Crippen molar-refractivity contribution in [2.75, 3.05) is 39.6 Å². The fraction of sp³-hybridized carbons (Fsp3) is 0.947. The number of hydrogen-bond acceptors (Lipinski definition) is 15. The summed E-state index contributed by atoms with van der Waals surface area (Å²) in [4.78, 5) is 72.7. The van der Waals surface area contributed by atoms with Gasteiger partial charge in [0.05, 0.1) is 26.4 Å². The predicted octanol–water partition coefficient (Wildman–Crippen LogP) is 21.7. The lowest BCUT2D eigenvalue weighted by Crippen LogP contribution is -2.30. The van der Waals surface area contributed by atoms with Crippen LogP contribution in [0.1, 0.15) is 376 Å². The second-order valence-electron chi connectivity index (χ2n) is 28.9. The molecule has 0 rings (SSSR count). The van der Waals surface area contributed by atoms with Gasteiger partial charge in [0.2, 0.25) is 0 Å². The van der Waals surface area contributed by atoms with Gasteiger partial charge in [-0.15, -0.1) is 0 Å². The van der Waals surface area contributed by atoms with Crippen molar-refractivity contribution in [2.45, 2.75) is 395 Å². The minimum absolute atomic E-state index is 0.103. The van der Waals surface area contributed by atoms with Crippen molar-refractivity contribution in [2.24, 2.45) is 23.7 Å². The van der Waals surface area contributed by atoms with Crippen LogP contribution in [0.4, 0.5) is 0 Å². The van der Waals surface area contributed by atoms with Gasteiger partial charge in [0.1, 0.15) is 19.3 Å². The van der Waals surface area contributed by atoms with E-state index in [2.05, 4.69) is 55.4 Å². The van der Waals surface area contributed by atoms with E-state index in [9.17, 15) is 43.2 Å². The molecule has 19 heteroatoms. The number of esters is 4. The van der Waals surface area contributed by atoms with Gasteiger partial charge in [-0.25, -0.2) is 9.13 Å². The number of phosphoric acid groups is 2. The second-order valence-corrected chi connectivity index (χ2v) is 31.9. The van der Waals surface area contributed by atoms with Crippen molar-refractivity contribution >= 4 is 39.5 Å². The maximum atomic E-state index is 13.1. The Morgan fingerprint density at radius 2 is 0.447 bits per heavy atom. The molecular formula is C75H146O17P2. The summed E-state index contributed by atoms with van der Waals surface area (Å²) in [7, 11) is -9.91. The zero-order valence-electron chi connectivity index (χ0n) is 61.6. The van der Waals surface area contributed by atoms with Crippen LogP contribution in [0.25, 0.3) is 0 Å².